The summed E-state index contributed by atoms with van der Waals surface area (Å²) >= 11 is 1.02. The van der Waals surface area contributed by atoms with Crippen LogP contribution in [0.1, 0.15) is 10.4 Å². The Balaban J connectivity index is 2.19. The number of benzene rings is 2. The maximum Gasteiger partial charge on any atom is 0.325 e. The van der Waals surface area contributed by atoms with Gasteiger partial charge in [0.25, 0.3) is 5.91 Å². The van der Waals surface area contributed by atoms with Gasteiger partial charge in [-0.05, 0) is 24.3 Å². The molecule has 0 aliphatic rings. The molecule has 1 aromatic heterocycles. The number of hydrogen-bond donors (Lipinski definition) is 0. The van der Waals surface area contributed by atoms with E-state index < -0.39 is 23.5 Å². The topological polar surface area (TPSA) is 60.7 Å². The number of esters is 1. The van der Waals surface area contributed by atoms with Crippen LogP contribution in [-0.2, 0) is 16.1 Å². The summed E-state index contributed by atoms with van der Waals surface area (Å²) in [6.45, 7) is -0.319. The van der Waals surface area contributed by atoms with Crippen LogP contribution < -0.4 is 4.80 Å². The van der Waals surface area contributed by atoms with Crippen molar-refractivity contribution in [1.29, 1.82) is 0 Å². The number of ether oxygens (including phenoxy) is 1. The summed E-state index contributed by atoms with van der Waals surface area (Å²) in [6.07, 6.45) is 0. The Labute approximate surface area is 144 Å². The smallest absolute Gasteiger partial charge is 0.325 e. The van der Waals surface area contributed by atoms with Crippen molar-refractivity contribution < 1.29 is 23.1 Å². The van der Waals surface area contributed by atoms with Crippen LogP contribution >= 0.6 is 11.3 Å². The summed E-state index contributed by atoms with van der Waals surface area (Å²) in [5.74, 6) is -2.70. The van der Waals surface area contributed by atoms with Crippen LogP contribution in [0.3, 0.4) is 0 Å². The summed E-state index contributed by atoms with van der Waals surface area (Å²) in [4.78, 5) is 27.9. The fraction of sp³-hybridized carbons (Fsp3) is 0.118. The largest absolute Gasteiger partial charge is 0.468 e. The van der Waals surface area contributed by atoms with Gasteiger partial charge >= 0.3 is 5.97 Å². The molecule has 0 saturated heterocycles. The zero-order chi connectivity index (χ0) is 18.0. The molecular formula is C17H12F2N2O3S. The highest BCUT2D eigenvalue weighted by Gasteiger charge is 2.16. The Hall–Kier alpha value is -2.87. The fourth-order valence-electron chi connectivity index (χ4n) is 2.29. The molecule has 1 heterocycles. The van der Waals surface area contributed by atoms with Gasteiger partial charge in [-0.15, -0.1) is 0 Å². The zero-order valence-electron chi connectivity index (χ0n) is 13.0. The molecule has 0 aliphatic heterocycles. The van der Waals surface area contributed by atoms with E-state index in [1.165, 1.54) is 42.0 Å². The van der Waals surface area contributed by atoms with E-state index in [2.05, 4.69) is 9.73 Å². The summed E-state index contributed by atoms with van der Waals surface area (Å²) in [5.41, 5.74) is -0.0666. The third-order valence-electron chi connectivity index (χ3n) is 3.47. The van der Waals surface area contributed by atoms with Crippen LogP contribution in [-0.4, -0.2) is 23.6 Å². The molecule has 0 N–H and O–H groups in total. The quantitative estimate of drug-likeness (QED) is 0.673. The number of rotatable bonds is 3. The Morgan fingerprint density at radius 3 is 2.56 bits per heavy atom. The molecule has 0 unspecified atom stereocenters. The lowest BCUT2D eigenvalue weighted by Crippen LogP contribution is -2.23. The van der Waals surface area contributed by atoms with Gasteiger partial charge in [0.2, 0.25) is 0 Å². The van der Waals surface area contributed by atoms with Gasteiger partial charge in [0.1, 0.15) is 18.2 Å². The molecule has 0 radical (unpaired) electrons. The monoisotopic (exact) mass is 362 g/mol. The predicted molar refractivity (Wildman–Crippen MR) is 88.1 cm³/mol. The van der Waals surface area contributed by atoms with E-state index in [1.54, 1.807) is 6.07 Å². The Kier molecular flexibility index (Phi) is 4.71. The minimum atomic E-state index is -0.816. The van der Waals surface area contributed by atoms with E-state index in [-0.39, 0.29) is 22.4 Å². The van der Waals surface area contributed by atoms with Crippen molar-refractivity contribution in [2.24, 2.45) is 4.99 Å². The first-order valence-corrected chi connectivity index (χ1v) is 8.01. The van der Waals surface area contributed by atoms with Crippen LogP contribution in [0.15, 0.2) is 47.5 Å². The molecule has 2 aromatic carbocycles. The number of hydrogen-bond acceptors (Lipinski definition) is 4. The molecule has 3 rings (SSSR count). The number of para-hydroxylation sites is 1. The summed E-state index contributed by atoms with van der Waals surface area (Å²) < 4.78 is 34.3. The maximum absolute atomic E-state index is 14.2. The van der Waals surface area contributed by atoms with Gasteiger partial charge < -0.3 is 9.30 Å². The van der Waals surface area contributed by atoms with Crippen LogP contribution in [0.25, 0.3) is 10.2 Å². The highest BCUT2D eigenvalue weighted by atomic mass is 32.1. The van der Waals surface area contributed by atoms with Gasteiger partial charge in [-0.3, -0.25) is 9.59 Å². The fourth-order valence-corrected chi connectivity index (χ4v) is 3.34. The summed E-state index contributed by atoms with van der Waals surface area (Å²) in [7, 11) is 1.20. The summed E-state index contributed by atoms with van der Waals surface area (Å²) in [6, 6.07) is 9.82. The second-order valence-electron chi connectivity index (χ2n) is 5.03. The lowest BCUT2D eigenvalue weighted by atomic mass is 10.2. The normalized spacial score (nSPS) is 11.7. The molecule has 0 aliphatic carbocycles. The molecule has 0 fully saturated rings. The number of amides is 1. The number of carbonyl (C=O) groups is 2. The first-order valence-electron chi connectivity index (χ1n) is 7.19. The van der Waals surface area contributed by atoms with Gasteiger partial charge in [0, 0.05) is 0 Å². The van der Waals surface area contributed by atoms with Crippen molar-refractivity contribution >= 4 is 33.4 Å². The molecule has 128 valence electrons. The molecule has 8 heteroatoms. The minimum Gasteiger partial charge on any atom is -0.468 e. The second-order valence-corrected chi connectivity index (χ2v) is 6.04. The number of aromatic nitrogens is 1. The van der Waals surface area contributed by atoms with Gasteiger partial charge in [-0.2, -0.15) is 4.99 Å². The lowest BCUT2D eigenvalue weighted by molar-refractivity contribution is -0.141. The van der Waals surface area contributed by atoms with Crippen molar-refractivity contribution in [3.63, 3.8) is 0 Å². The first-order chi connectivity index (χ1) is 12.0. The molecular weight excluding hydrogens is 350 g/mol. The average Bonchev–Trinajstić information content (AvgIpc) is 2.93. The standard InChI is InChI=1S/C17H12F2N2O3S/c1-24-14(22)9-21-15-12(19)7-4-8-13(15)25-17(21)20-16(23)10-5-2-3-6-11(10)18/h2-8H,9H2,1H3. The van der Waals surface area contributed by atoms with Crippen molar-refractivity contribution in [1.82, 2.24) is 4.57 Å². The van der Waals surface area contributed by atoms with Crippen LogP contribution in [0.5, 0.6) is 0 Å². The van der Waals surface area contributed by atoms with Crippen LogP contribution in [0.2, 0.25) is 0 Å². The molecule has 0 atom stereocenters. The molecule has 1 amide bonds. The molecule has 0 saturated carbocycles. The number of fused-ring (bicyclic) bond motifs is 1. The Morgan fingerprint density at radius 1 is 1.12 bits per heavy atom. The Bertz CT molecular complexity index is 1040. The van der Waals surface area contributed by atoms with Crippen molar-refractivity contribution in [2.45, 2.75) is 6.54 Å². The van der Waals surface area contributed by atoms with E-state index in [0.717, 1.165) is 17.4 Å². The van der Waals surface area contributed by atoms with Crippen molar-refractivity contribution in [2.75, 3.05) is 7.11 Å². The number of carbonyl (C=O) groups excluding carboxylic acids is 2. The number of nitrogens with zero attached hydrogens (tertiary/aromatic N) is 2. The Morgan fingerprint density at radius 2 is 1.84 bits per heavy atom. The van der Waals surface area contributed by atoms with E-state index in [9.17, 15) is 18.4 Å². The van der Waals surface area contributed by atoms with Gasteiger partial charge in [-0.1, -0.05) is 29.5 Å². The lowest BCUT2D eigenvalue weighted by Gasteiger charge is -2.04. The molecule has 5 nitrogen and oxygen atoms in total. The minimum absolute atomic E-state index is 0.0822. The van der Waals surface area contributed by atoms with Crippen LogP contribution in [0.4, 0.5) is 8.78 Å². The van der Waals surface area contributed by atoms with E-state index >= 15 is 0 Å². The second kappa shape index (κ2) is 6.94. The van der Waals surface area contributed by atoms with Gasteiger partial charge in [-0.25, -0.2) is 8.78 Å². The van der Waals surface area contributed by atoms with E-state index in [4.69, 9.17) is 0 Å². The average molecular weight is 362 g/mol. The number of methoxy groups -OCH3 is 1. The third kappa shape index (κ3) is 3.34. The van der Waals surface area contributed by atoms with E-state index in [0.29, 0.717) is 4.70 Å². The molecule has 0 bridgehead atoms. The maximum atomic E-state index is 14.2. The highest BCUT2D eigenvalue weighted by Crippen LogP contribution is 2.20. The van der Waals surface area contributed by atoms with Crippen molar-refractivity contribution in [3.05, 3.63) is 64.5 Å². The number of thiazole rings is 1. The van der Waals surface area contributed by atoms with Gasteiger partial charge in [0.05, 0.1) is 22.9 Å². The zero-order valence-corrected chi connectivity index (χ0v) is 13.8. The predicted octanol–water partition coefficient (Wildman–Crippen LogP) is 2.90. The molecule has 3 aromatic rings. The van der Waals surface area contributed by atoms with Crippen LogP contribution in [0, 0.1) is 11.6 Å². The number of halogens is 2. The first kappa shape index (κ1) is 17.0. The van der Waals surface area contributed by atoms with Gasteiger partial charge in [0.15, 0.2) is 4.80 Å². The highest BCUT2D eigenvalue weighted by molar-refractivity contribution is 7.16. The third-order valence-corrected chi connectivity index (χ3v) is 4.51. The summed E-state index contributed by atoms with van der Waals surface area (Å²) in [5, 5.41) is 0. The SMILES string of the molecule is COC(=O)Cn1c(=NC(=O)c2ccccc2F)sc2cccc(F)c21. The van der Waals surface area contributed by atoms with E-state index in [1.807, 2.05) is 0 Å². The van der Waals surface area contributed by atoms with Crippen molar-refractivity contribution in [3.8, 4) is 0 Å². The molecule has 0 spiro atoms. The molecule has 25 heavy (non-hydrogen) atoms.